The van der Waals surface area contributed by atoms with E-state index < -0.39 is 0 Å². The molecule has 17 heavy (non-hydrogen) atoms. The lowest BCUT2D eigenvalue weighted by atomic mass is 9.94. The van der Waals surface area contributed by atoms with Crippen LogP contribution in [0.1, 0.15) is 47.6 Å². The van der Waals surface area contributed by atoms with Crippen molar-refractivity contribution in [2.45, 2.75) is 53.5 Å². The van der Waals surface area contributed by atoms with Crippen LogP contribution in [-0.4, -0.2) is 6.04 Å². The lowest BCUT2D eigenvalue weighted by Crippen LogP contribution is -2.16. The van der Waals surface area contributed by atoms with Gasteiger partial charge in [0.1, 0.15) is 0 Å². The number of benzene rings is 1. The average molecular weight is 229 g/mol. The molecule has 1 aromatic carbocycles. The molecule has 0 saturated heterocycles. The van der Waals surface area contributed by atoms with E-state index in [2.05, 4.69) is 52.5 Å². The van der Waals surface area contributed by atoms with Crippen LogP contribution in [0.15, 0.2) is 6.07 Å². The second-order valence-electron chi connectivity index (χ2n) is 4.80. The summed E-state index contributed by atoms with van der Waals surface area (Å²) in [5.74, 6) is 6.44. The summed E-state index contributed by atoms with van der Waals surface area (Å²) in [6, 6.07) is 2.22. The molecule has 2 N–H and O–H groups in total. The fourth-order valence-corrected chi connectivity index (χ4v) is 1.95. The van der Waals surface area contributed by atoms with Crippen LogP contribution in [0.25, 0.3) is 0 Å². The highest BCUT2D eigenvalue weighted by Crippen LogP contribution is 2.20. The van der Waals surface area contributed by atoms with Gasteiger partial charge in [0.05, 0.1) is 6.04 Å². The van der Waals surface area contributed by atoms with Crippen molar-refractivity contribution in [2.75, 3.05) is 0 Å². The van der Waals surface area contributed by atoms with Crippen LogP contribution >= 0.6 is 0 Å². The topological polar surface area (TPSA) is 26.0 Å². The number of hydrogen-bond donors (Lipinski definition) is 1. The SMILES string of the molecule is CCCC(N)C#Cc1c(C)c(C)cc(C)c1C. The molecule has 0 amide bonds. The van der Waals surface area contributed by atoms with Crippen LogP contribution in [0.5, 0.6) is 0 Å². The monoisotopic (exact) mass is 229 g/mol. The van der Waals surface area contributed by atoms with Crippen LogP contribution in [0, 0.1) is 39.5 Å². The van der Waals surface area contributed by atoms with E-state index >= 15 is 0 Å². The van der Waals surface area contributed by atoms with E-state index in [1.54, 1.807) is 0 Å². The Hall–Kier alpha value is -1.26. The first-order valence-electron chi connectivity index (χ1n) is 6.31. The Balaban J connectivity index is 3.14. The normalized spacial score (nSPS) is 11.9. The summed E-state index contributed by atoms with van der Waals surface area (Å²) in [6.07, 6.45) is 2.05. The number of nitrogens with two attached hydrogens (primary N) is 1. The fraction of sp³-hybridized carbons (Fsp3) is 0.500. The van der Waals surface area contributed by atoms with Crippen molar-refractivity contribution < 1.29 is 0 Å². The molecule has 1 rings (SSSR count). The maximum absolute atomic E-state index is 5.93. The largest absolute Gasteiger partial charge is 0.318 e. The van der Waals surface area contributed by atoms with Gasteiger partial charge in [-0.05, 0) is 56.4 Å². The molecule has 0 saturated carbocycles. The quantitative estimate of drug-likeness (QED) is 0.773. The molecule has 0 bridgehead atoms. The van der Waals surface area contributed by atoms with E-state index in [1.165, 1.54) is 22.3 Å². The second kappa shape index (κ2) is 5.89. The summed E-state index contributed by atoms with van der Waals surface area (Å²) in [5, 5.41) is 0. The first-order chi connectivity index (χ1) is 7.97. The molecule has 92 valence electrons. The highest BCUT2D eigenvalue weighted by atomic mass is 14.6. The maximum Gasteiger partial charge on any atom is 0.0668 e. The minimum absolute atomic E-state index is 0.000353. The minimum Gasteiger partial charge on any atom is -0.318 e. The van der Waals surface area contributed by atoms with Gasteiger partial charge in [-0.3, -0.25) is 0 Å². The van der Waals surface area contributed by atoms with Gasteiger partial charge < -0.3 is 5.73 Å². The Morgan fingerprint density at radius 3 is 2.12 bits per heavy atom. The van der Waals surface area contributed by atoms with Crippen LogP contribution in [-0.2, 0) is 0 Å². The van der Waals surface area contributed by atoms with Gasteiger partial charge in [0.2, 0.25) is 0 Å². The van der Waals surface area contributed by atoms with Crippen molar-refractivity contribution in [3.63, 3.8) is 0 Å². The zero-order valence-corrected chi connectivity index (χ0v) is 11.6. The Labute approximate surface area is 105 Å². The van der Waals surface area contributed by atoms with E-state index in [0.29, 0.717) is 0 Å². The van der Waals surface area contributed by atoms with Crippen molar-refractivity contribution in [3.8, 4) is 11.8 Å². The Morgan fingerprint density at radius 1 is 1.12 bits per heavy atom. The first-order valence-corrected chi connectivity index (χ1v) is 6.31. The third-order valence-corrected chi connectivity index (χ3v) is 3.35. The van der Waals surface area contributed by atoms with Crippen molar-refractivity contribution >= 4 is 0 Å². The van der Waals surface area contributed by atoms with Crippen LogP contribution in [0.2, 0.25) is 0 Å². The zero-order valence-electron chi connectivity index (χ0n) is 11.6. The van der Waals surface area contributed by atoms with Gasteiger partial charge in [-0.25, -0.2) is 0 Å². The standard InChI is InChI=1S/C16H23N/c1-6-7-15(17)8-9-16-13(4)11(2)10-12(3)14(16)5/h10,15H,6-7,17H2,1-5H3. The van der Waals surface area contributed by atoms with Crippen molar-refractivity contribution in [1.29, 1.82) is 0 Å². The van der Waals surface area contributed by atoms with Gasteiger partial charge in [-0.1, -0.05) is 31.3 Å². The maximum atomic E-state index is 5.93. The van der Waals surface area contributed by atoms with Crippen LogP contribution in [0.3, 0.4) is 0 Å². The molecule has 0 aromatic heterocycles. The fourth-order valence-electron chi connectivity index (χ4n) is 1.95. The highest BCUT2D eigenvalue weighted by molar-refractivity contribution is 5.52. The van der Waals surface area contributed by atoms with E-state index in [1.807, 2.05) is 0 Å². The van der Waals surface area contributed by atoms with Gasteiger partial charge in [-0.15, -0.1) is 0 Å². The smallest absolute Gasteiger partial charge is 0.0668 e. The lowest BCUT2D eigenvalue weighted by Gasteiger charge is -2.10. The van der Waals surface area contributed by atoms with E-state index in [-0.39, 0.29) is 6.04 Å². The van der Waals surface area contributed by atoms with E-state index in [4.69, 9.17) is 5.73 Å². The lowest BCUT2D eigenvalue weighted by molar-refractivity contribution is 0.720. The highest BCUT2D eigenvalue weighted by Gasteiger charge is 2.06. The second-order valence-corrected chi connectivity index (χ2v) is 4.80. The van der Waals surface area contributed by atoms with Crippen LogP contribution < -0.4 is 5.73 Å². The van der Waals surface area contributed by atoms with Crippen molar-refractivity contribution in [3.05, 3.63) is 33.9 Å². The zero-order chi connectivity index (χ0) is 13.0. The predicted molar refractivity (Wildman–Crippen MR) is 75.2 cm³/mol. The summed E-state index contributed by atoms with van der Waals surface area (Å²) in [7, 11) is 0. The van der Waals surface area contributed by atoms with Gasteiger partial charge in [0.15, 0.2) is 0 Å². The molecule has 0 heterocycles. The molecular formula is C16H23N. The average Bonchev–Trinajstić information content (AvgIpc) is 2.27. The summed E-state index contributed by atoms with van der Waals surface area (Å²) in [5.41, 5.74) is 12.3. The van der Waals surface area contributed by atoms with E-state index in [9.17, 15) is 0 Å². The molecule has 1 aromatic rings. The summed E-state index contributed by atoms with van der Waals surface area (Å²) in [4.78, 5) is 0. The number of rotatable bonds is 2. The van der Waals surface area contributed by atoms with E-state index in [0.717, 1.165) is 18.4 Å². The van der Waals surface area contributed by atoms with Crippen molar-refractivity contribution in [2.24, 2.45) is 5.73 Å². The third-order valence-electron chi connectivity index (χ3n) is 3.35. The van der Waals surface area contributed by atoms with Gasteiger partial charge >= 0.3 is 0 Å². The molecule has 1 atom stereocenters. The van der Waals surface area contributed by atoms with Gasteiger partial charge in [0.25, 0.3) is 0 Å². The molecule has 0 aliphatic carbocycles. The number of aryl methyl sites for hydroxylation is 2. The molecule has 0 radical (unpaired) electrons. The molecule has 1 unspecified atom stereocenters. The third kappa shape index (κ3) is 3.35. The number of hydrogen-bond acceptors (Lipinski definition) is 1. The van der Waals surface area contributed by atoms with Gasteiger partial charge in [0, 0.05) is 5.56 Å². The molecule has 0 aliphatic heterocycles. The predicted octanol–water partition coefficient (Wildman–Crippen LogP) is 3.40. The molecule has 1 heteroatoms. The van der Waals surface area contributed by atoms with Gasteiger partial charge in [-0.2, -0.15) is 0 Å². The summed E-state index contributed by atoms with van der Waals surface area (Å²) in [6.45, 7) is 10.7. The minimum atomic E-state index is -0.000353. The molecule has 0 fully saturated rings. The summed E-state index contributed by atoms with van der Waals surface area (Å²) >= 11 is 0. The van der Waals surface area contributed by atoms with Crippen LogP contribution in [0.4, 0.5) is 0 Å². The Bertz CT molecular complexity index is 434. The Morgan fingerprint density at radius 2 is 1.65 bits per heavy atom. The molecule has 0 aliphatic rings. The molecular weight excluding hydrogens is 206 g/mol. The van der Waals surface area contributed by atoms with Crippen molar-refractivity contribution in [1.82, 2.24) is 0 Å². The Kier molecular flexibility index (Phi) is 4.78. The first kappa shape index (κ1) is 13.8. The molecule has 1 nitrogen and oxygen atoms in total. The summed E-state index contributed by atoms with van der Waals surface area (Å²) < 4.78 is 0. The molecule has 0 spiro atoms.